The van der Waals surface area contributed by atoms with Gasteiger partial charge in [0, 0.05) is 19.0 Å². The summed E-state index contributed by atoms with van der Waals surface area (Å²) in [5.74, 6) is 0.666. The highest BCUT2D eigenvalue weighted by Gasteiger charge is 2.38. The molecule has 140 valence electrons. The maximum atomic E-state index is 12.8. The number of nitrogens with one attached hydrogen (secondary N) is 1. The molecule has 2 heterocycles. The largest absolute Gasteiger partial charge is 0.349 e. The van der Waals surface area contributed by atoms with Gasteiger partial charge in [0.1, 0.15) is 11.4 Å². The number of nitrogens with zero attached hydrogens (tertiary/aromatic N) is 3. The molecule has 1 aliphatic rings. The van der Waals surface area contributed by atoms with Crippen molar-refractivity contribution < 1.29 is 14.2 Å². The number of carbonyl (C=O) groups is 2. The van der Waals surface area contributed by atoms with Crippen LogP contribution in [0.2, 0.25) is 0 Å². The topological polar surface area (TPSA) is 88.3 Å². The fourth-order valence-corrected chi connectivity index (χ4v) is 3.46. The van der Waals surface area contributed by atoms with Gasteiger partial charge in [-0.1, -0.05) is 31.1 Å². The SMILES string of the molecule is CCC(CC(C)C)C(=O)N1CCC(C)(NC(=O)Cc2nonc2C)C1. The second-order valence-electron chi connectivity index (χ2n) is 7.83. The van der Waals surface area contributed by atoms with Gasteiger partial charge in [-0.25, -0.2) is 4.63 Å². The Morgan fingerprint density at radius 3 is 2.64 bits per heavy atom. The van der Waals surface area contributed by atoms with Crippen molar-refractivity contribution in [1.82, 2.24) is 20.5 Å². The van der Waals surface area contributed by atoms with Gasteiger partial charge < -0.3 is 10.2 Å². The molecule has 25 heavy (non-hydrogen) atoms. The van der Waals surface area contributed by atoms with Gasteiger partial charge in [0.2, 0.25) is 11.8 Å². The zero-order valence-electron chi connectivity index (χ0n) is 16.0. The number of hydrogen-bond acceptors (Lipinski definition) is 5. The van der Waals surface area contributed by atoms with Crippen LogP contribution in [0.1, 0.15) is 58.3 Å². The molecule has 2 unspecified atom stereocenters. The minimum Gasteiger partial charge on any atom is -0.349 e. The van der Waals surface area contributed by atoms with Crippen molar-refractivity contribution in [1.29, 1.82) is 0 Å². The molecule has 1 aromatic rings. The molecule has 0 bridgehead atoms. The van der Waals surface area contributed by atoms with Gasteiger partial charge >= 0.3 is 0 Å². The van der Waals surface area contributed by atoms with E-state index in [1.165, 1.54) is 0 Å². The molecule has 2 amide bonds. The standard InChI is InChI=1S/C18H30N4O3/c1-6-14(9-12(2)3)17(24)22-8-7-18(5,11-22)19-16(23)10-15-13(4)20-25-21-15/h12,14H,6-11H2,1-5H3,(H,19,23). The van der Waals surface area contributed by atoms with Crippen LogP contribution in [0.3, 0.4) is 0 Å². The van der Waals surface area contributed by atoms with Crippen LogP contribution in [0.4, 0.5) is 0 Å². The third-order valence-corrected chi connectivity index (χ3v) is 4.90. The average molecular weight is 350 g/mol. The maximum Gasteiger partial charge on any atom is 0.226 e. The van der Waals surface area contributed by atoms with Gasteiger partial charge in [-0.05, 0) is 39.0 Å². The van der Waals surface area contributed by atoms with E-state index in [1.807, 2.05) is 11.8 Å². The van der Waals surface area contributed by atoms with Crippen molar-refractivity contribution in [2.45, 2.75) is 65.8 Å². The molecule has 0 saturated carbocycles. The first-order valence-electron chi connectivity index (χ1n) is 9.12. The molecule has 1 fully saturated rings. The number of hydrogen-bond donors (Lipinski definition) is 1. The number of rotatable bonds is 7. The molecule has 0 spiro atoms. The van der Waals surface area contributed by atoms with E-state index in [1.54, 1.807) is 6.92 Å². The molecule has 7 nitrogen and oxygen atoms in total. The van der Waals surface area contributed by atoms with E-state index in [0.29, 0.717) is 30.4 Å². The fraction of sp³-hybridized carbons (Fsp3) is 0.778. The Kier molecular flexibility index (Phi) is 6.19. The zero-order valence-corrected chi connectivity index (χ0v) is 16.0. The van der Waals surface area contributed by atoms with E-state index in [2.05, 4.69) is 41.0 Å². The predicted molar refractivity (Wildman–Crippen MR) is 93.7 cm³/mol. The number of amides is 2. The van der Waals surface area contributed by atoms with E-state index >= 15 is 0 Å². The van der Waals surface area contributed by atoms with E-state index in [0.717, 1.165) is 19.3 Å². The van der Waals surface area contributed by atoms with Crippen LogP contribution in [-0.2, 0) is 16.0 Å². The second kappa shape index (κ2) is 7.97. The number of aryl methyl sites for hydroxylation is 1. The molecule has 1 aliphatic heterocycles. The lowest BCUT2D eigenvalue weighted by Gasteiger charge is -2.28. The highest BCUT2D eigenvalue weighted by atomic mass is 16.6. The van der Waals surface area contributed by atoms with Crippen molar-refractivity contribution in [2.24, 2.45) is 11.8 Å². The first kappa shape index (κ1) is 19.4. The summed E-state index contributed by atoms with van der Waals surface area (Å²) in [7, 11) is 0. The maximum absolute atomic E-state index is 12.8. The summed E-state index contributed by atoms with van der Waals surface area (Å²) in [4.78, 5) is 27.0. The van der Waals surface area contributed by atoms with Gasteiger partial charge in [-0.15, -0.1) is 0 Å². The van der Waals surface area contributed by atoms with Gasteiger partial charge in [0.25, 0.3) is 0 Å². The van der Waals surface area contributed by atoms with Crippen molar-refractivity contribution in [2.75, 3.05) is 13.1 Å². The predicted octanol–water partition coefficient (Wildman–Crippen LogP) is 2.10. The van der Waals surface area contributed by atoms with E-state index in [9.17, 15) is 9.59 Å². The van der Waals surface area contributed by atoms with Crippen molar-refractivity contribution >= 4 is 11.8 Å². The average Bonchev–Trinajstić information content (AvgIpc) is 3.10. The zero-order chi connectivity index (χ0) is 18.6. The summed E-state index contributed by atoms with van der Waals surface area (Å²) in [6.45, 7) is 11.4. The minimum absolute atomic E-state index is 0.0712. The Balaban J connectivity index is 1.92. The van der Waals surface area contributed by atoms with Gasteiger partial charge in [-0.2, -0.15) is 0 Å². The Hall–Kier alpha value is -1.92. The highest BCUT2D eigenvalue weighted by Crippen LogP contribution is 2.25. The molecule has 0 aromatic carbocycles. The third-order valence-electron chi connectivity index (χ3n) is 4.90. The normalized spacial score (nSPS) is 21.6. The minimum atomic E-state index is -0.395. The lowest BCUT2D eigenvalue weighted by Crippen LogP contribution is -2.49. The summed E-state index contributed by atoms with van der Waals surface area (Å²) in [5, 5.41) is 10.5. The highest BCUT2D eigenvalue weighted by molar-refractivity contribution is 5.81. The fourth-order valence-electron chi connectivity index (χ4n) is 3.46. The quantitative estimate of drug-likeness (QED) is 0.813. The molecule has 1 aromatic heterocycles. The molecule has 0 radical (unpaired) electrons. The van der Waals surface area contributed by atoms with Crippen molar-refractivity contribution in [3.63, 3.8) is 0 Å². The van der Waals surface area contributed by atoms with E-state index in [4.69, 9.17) is 0 Å². The van der Waals surface area contributed by atoms with Crippen LogP contribution >= 0.6 is 0 Å². The monoisotopic (exact) mass is 350 g/mol. The van der Waals surface area contributed by atoms with Crippen LogP contribution in [-0.4, -0.2) is 45.7 Å². The third kappa shape index (κ3) is 5.03. The second-order valence-corrected chi connectivity index (χ2v) is 7.83. The van der Waals surface area contributed by atoms with Crippen LogP contribution in [0.5, 0.6) is 0 Å². The summed E-state index contributed by atoms with van der Waals surface area (Å²) >= 11 is 0. The Labute approximate surface area is 149 Å². The molecule has 7 heteroatoms. The molecule has 2 rings (SSSR count). The Morgan fingerprint density at radius 1 is 1.36 bits per heavy atom. The van der Waals surface area contributed by atoms with Gasteiger partial charge in [0.15, 0.2) is 0 Å². The van der Waals surface area contributed by atoms with Crippen LogP contribution in [0, 0.1) is 18.8 Å². The lowest BCUT2D eigenvalue weighted by molar-refractivity contribution is -0.135. The van der Waals surface area contributed by atoms with E-state index in [-0.39, 0.29) is 24.2 Å². The van der Waals surface area contributed by atoms with E-state index < -0.39 is 5.54 Å². The molecular formula is C18H30N4O3. The number of aromatic nitrogens is 2. The van der Waals surface area contributed by atoms with Crippen LogP contribution in [0.25, 0.3) is 0 Å². The first-order chi connectivity index (χ1) is 11.7. The number of carbonyl (C=O) groups excluding carboxylic acids is 2. The smallest absolute Gasteiger partial charge is 0.226 e. The molecule has 0 aliphatic carbocycles. The van der Waals surface area contributed by atoms with Crippen molar-refractivity contribution in [3.8, 4) is 0 Å². The van der Waals surface area contributed by atoms with Crippen LogP contribution < -0.4 is 5.32 Å². The van der Waals surface area contributed by atoms with Crippen molar-refractivity contribution in [3.05, 3.63) is 11.4 Å². The molecule has 2 atom stereocenters. The molecule has 1 saturated heterocycles. The van der Waals surface area contributed by atoms with Gasteiger partial charge in [0.05, 0.1) is 12.0 Å². The Morgan fingerprint density at radius 2 is 2.08 bits per heavy atom. The number of likely N-dealkylation sites (tertiary alicyclic amines) is 1. The molecular weight excluding hydrogens is 320 g/mol. The summed E-state index contributed by atoms with van der Waals surface area (Å²) in [5.41, 5.74) is 0.784. The summed E-state index contributed by atoms with van der Waals surface area (Å²) in [6, 6.07) is 0. The Bertz CT molecular complexity index is 613. The molecule has 1 N–H and O–H groups in total. The van der Waals surface area contributed by atoms with Gasteiger partial charge in [-0.3, -0.25) is 9.59 Å². The lowest BCUT2D eigenvalue weighted by atomic mass is 9.93. The summed E-state index contributed by atoms with van der Waals surface area (Å²) < 4.78 is 4.63. The van der Waals surface area contributed by atoms with Crippen LogP contribution in [0.15, 0.2) is 4.63 Å². The summed E-state index contributed by atoms with van der Waals surface area (Å²) in [6.07, 6.45) is 2.67. The first-order valence-corrected chi connectivity index (χ1v) is 9.12.